The molecule has 1 aliphatic rings. The molecule has 0 radical (unpaired) electrons. The van der Waals surface area contributed by atoms with Crippen molar-refractivity contribution in [1.82, 2.24) is 0 Å². The fourth-order valence-electron chi connectivity index (χ4n) is 1.42. The van der Waals surface area contributed by atoms with Crippen LogP contribution in [0.4, 0.5) is 0 Å². The van der Waals surface area contributed by atoms with E-state index in [0.717, 1.165) is 19.4 Å². The van der Waals surface area contributed by atoms with Gasteiger partial charge in [-0.1, -0.05) is 6.92 Å². The molecular weight excluding hydrogens is 128 g/mol. The molecule has 0 heterocycles. The molecule has 1 fully saturated rings. The average molecular weight is 144 g/mol. The van der Waals surface area contributed by atoms with Crippen LogP contribution in [0.1, 0.15) is 26.7 Å². The highest BCUT2D eigenvalue weighted by atomic mass is 16.5. The van der Waals surface area contributed by atoms with Gasteiger partial charge in [-0.25, -0.2) is 0 Å². The van der Waals surface area contributed by atoms with Crippen molar-refractivity contribution in [3.05, 3.63) is 0 Å². The van der Waals surface area contributed by atoms with Crippen LogP contribution in [-0.2, 0) is 4.74 Å². The predicted molar refractivity (Wildman–Crippen MR) is 39.8 cm³/mol. The van der Waals surface area contributed by atoms with Gasteiger partial charge in [0.2, 0.25) is 0 Å². The number of hydrogen-bond donors (Lipinski definition) is 1. The van der Waals surface area contributed by atoms with Crippen LogP contribution in [0.15, 0.2) is 0 Å². The second-order valence-corrected chi connectivity index (χ2v) is 3.29. The van der Waals surface area contributed by atoms with E-state index in [1.165, 1.54) is 0 Å². The fraction of sp³-hybridized carbons (Fsp3) is 1.00. The van der Waals surface area contributed by atoms with Crippen LogP contribution in [0.5, 0.6) is 0 Å². The topological polar surface area (TPSA) is 29.5 Å². The summed E-state index contributed by atoms with van der Waals surface area (Å²) in [5.41, 5.74) is 0.0655. The average Bonchev–Trinajstić information content (AvgIpc) is 1.96. The van der Waals surface area contributed by atoms with E-state index in [4.69, 9.17) is 9.84 Å². The molecule has 60 valence electrons. The molecule has 0 bridgehead atoms. The van der Waals surface area contributed by atoms with Crippen LogP contribution < -0.4 is 0 Å². The first kappa shape index (κ1) is 8.02. The van der Waals surface area contributed by atoms with Crippen LogP contribution in [0.2, 0.25) is 0 Å². The lowest BCUT2D eigenvalue weighted by Crippen LogP contribution is -2.46. The molecule has 1 N–H and O–H groups in total. The van der Waals surface area contributed by atoms with E-state index >= 15 is 0 Å². The summed E-state index contributed by atoms with van der Waals surface area (Å²) in [6.45, 7) is 5.10. The van der Waals surface area contributed by atoms with Gasteiger partial charge in [-0.05, 0) is 19.8 Å². The molecule has 0 aromatic rings. The Labute approximate surface area is 62.2 Å². The van der Waals surface area contributed by atoms with Crippen molar-refractivity contribution in [2.24, 2.45) is 5.41 Å². The third-order valence-corrected chi connectivity index (χ3v) is 2.48. The van der Waals surface area contributed by atoms with Crippen LogP contribution >= 0.6 is 0 Å². The smallest absolute Gasteiger partial charge is 0.0650 e. The fourth-order valence-corrected chi connectivity index (χ4v) is 1.42. The maximum Gasteiger partial charge on any atom is 0.0650 e. The predicted octanol–water partition coefficient (Wildman–Crippen LogP) is 1.18. The molecule has 0 spiro atoms. The Morgan fingerprint density at radius 2 is 2.40 bits per heavy atom. The highest BCUT2D eigenvalue weighted by molar-refractivity contribution is 4.92. The number of aliphatic hydroxyl groups excluding tert-OH is 1. The summed E-state index contributed by atoms with van der Waals surface area (Å²) in [5.74, 6) is 0. The maximum atomic E-state index is 8.96. The number of ether oxygens (including phenoxy) is 1. The van der Waals surface area contributed by atoms with Crippen molar-refractivity contribution in [2.45, 2.75) is 32.8 Å². The molecular formula is C8H16O2. The molecule has 2 atom stereocenters. The first-order chi connectivity index (χ1) is 4.73. The molecule has 0 saturated heterocycles. The summed E-state index contributed by atoms with van der Waals surface area (Å²) in [6, 6.07) is 0. The first-order valence-corrected chi connectivity index (χ1v) is 3.95. The monoisotopic (exact) mass is 144 g/mol. The molecule has 1 saturated carbocycles. The lowest BCUT2D eigenvalue weighted by Gasteiger charge is -2.45. The van der Waals surface area contributed by atoms with Gasteiger partial charge in [-0.2, -0.15) is 0 Å². The summed E-state index contributed by atoms with van der Waals surface area (Å²) in [4.78, 5) is 0. The molecule has 0 aromatic carbocycles. The number of hydrogen-bond acceptors (Lipinski definition) is 2. The van der Waals surface area contributed by atoms with Gasteiger partial charge in [0, 0.05) is 12.0 Å². The van der Waals surface area contributed by atoms with Gasteiger partial charge in [-0.15, -0.1) is 0 Å². The Kier molecular flexibility index (Phi) is 2.32. The molecule has 10 heavy (non-hydrogen) atoms. The Hall–Kier alpha value is -0.0800. The van der Waals surface area contributed by atoms with Gasteiger partial charge < -0.3 is 9.84 Å². The van der Waals surface area contributed by atoms with Crippen LogP contribution in [-0.4, -0.2) is 24.4 Å². The SMILES string of the molecule is CCO[C@@H]1CC[C@@]1(C)CO. The van der Waals surface area contributed by atoms with Crippen LogP contribution in [0.25, 0.3) is 0 Å². The summed E-state index contributed by atoms with van der Waals surface area (Å²) in [6.07, 6.45) is 2.53. The molecule has 0 aliphatic heterocycles. The largest absolute Gasteiger partial charge is 0.396 e. The summed E-state index contributed by atoms with van der Waals surface area (Å²) in [5, 5.41) is 8.96. The quantitative estimate of drug-likeness (QED) is 0.644. The van der Waals surface area contributed by atoms with E-state index in [1.54, 1.807) is 0 Å². The van der Waals surface area contributed by atoms with Gasteiger partial charge in [0.15, 0.2) is 0 Å². The third kappa shape index (κ3) is 1.18. The molecule has 2 heteroatoms. The molecule has 2 nitrogen and oxygen atoms in total. The lowest BCUT2D eigenvalue weighted by atomic mass is 9.68. The van der Waals surface area contributed by atoms with Crippen molar-refractivity contribution >= 4 is 0 Å². The number of rotatable bonds is 3. The standard InChI is InChI=1S/C8H16O2/c1-3-10-7-4-5-8(7,2)6-9/h7,9H,3-6H2,1-2H3/t7-,8+/m1/s1. The Bertz CT molecular complexity index is 110. The zero-order chi connectivity index (χ0) is 7.61. The number of aliphatic hydroxyl groups is 1. The van der Waals surface area contributed by atoms with E-state index in [-0.39, 0.29) is 12.0 Å². The van der Waals surface area contributed by atoms with Crippen LogP contribution in [0, 0.1) is 5.41 Å². The molecule has 1 rings (SSSR count). The summed E-state index contributed by atoms with van der Waals surface area (Å²) < 4.78 is 5.42. The second kappa shape index (κ2) is 2.89. The maximum absolute atomic E-state index is 8.96. The Balaban J connectivity index is 2.34. The Morgan fingerprint density at radius 1 is 1.70 bits per heavy atom. The van der Waals surface area contributed by atoms with Crippen molar-refractivity contribution in [2.75, 3.05) is 13.2 Å². The highest BCUT2D eigenvalue weighted by Crippen LogP contribution is 2.42. The lowest BCUT2D eigenvalue weighted by molar-refractivity contribution is -0.120. The van der Waals surface area contributed by atoms with E-state index in [9.17, 15) is 0 Å². The van der Waals surface area contributed by atoms with Gasteiger partial charge in [0.1, 0.15) is 0 Å². The van der Waals surface area contributed by atoms with Gasteiger partial charge in [-0.3, -0.25) is 0 Å². The van der Waals surface area contributed by atoms with Gasteiger partial charge >= 0.3 is 0 Å². The molecule has 1 aliphatic carbocycles. The normalized spacial score (nSPS) is 39.3. The van der Waals surface area contributed by atoms with E-state index in [1.807, 2.05) is 6.92 Å². The highest BCUT2D eigenvalue weighted by Gasteiger charge is 2.42. The zero-order valence-corrected chi connectivity index (χ0v) is 6.76. The van der Waals surface area contributed by atoms with Crippen LogP contribution in [0.3, 0.4) is 0 Å². The summed E-state index contributed by atoms with van der Waals surface area (Å²) >= 11 is 0. The van der Waals surface area contributed by atoms with Crippen molar-refractivity contribution in [3.63, 3.8) is 0 Å². The van der Waals surface area contributed by atoms with Gasteiger partial charge in [0.25, 0.3) is 0 Å². The first-order valence-electron chi connectivity index (χ1n) is 3.95. The molecule has 0 amide bonds. The van der Waals surface area contributed by atoms with Crippen molar-refractivity contribution < 1.29 is 9.84 Å². The molecule has 0 aromatic heterocycles. The van der Waals surface area contributed by atoms with E-state index < -0.39 is 0 Å². The minimum atomic E-state index is 0.0655. The van der Waals surface area contributed by atoms with Crippen molar-refractivity contribution in [1.29, 1.82) is 0 Å². The van der Waals surface area contributed by atoms with E-state index in [0.29, 0.717) is 6.10 Å². The van der Waals surface area contributed by atoms with Gasteiger partial charge in [0.05, 0.1) is 12.7 Å². The second-order valence-electron chi connectivity index (χ2n) is 3.29. The Morgan fingerprint density at radius 3 is 2.70 bits per heavy atom. The van der Waals surface area contributed by atoms with Crippen molar-refractivity contribution in [3.8, 4) is 0 Å². The van der Waals surface area contributed by atoms with E-state index in [2.05, 4.69) is 6.92 Å². The zero-order valence-electron chi connectivity index (χ0n) is 6.76. The summed E-state index contributed by atoms with van der Waals surface area (Å²) in [7, 11) is 0. The minimum Gasteiger partial charge on any atom is -0.396 e. The molecule has 0 unspecified atom stereocenters. The minimum absolute atomic E-state index is 0.0655. The third-order valence-electron chi connectivity index (χ3n) is 2.48.